The summed E-state index contributed by atoms with van der Waals surface area (Å²) in [6.07, 6.45) is 0.813. The van der Waals surface area contributed by atoms with Crippen LogP contribution in [0.4, 0.5) is 0 Å². The summed E-state index contributed by atoms with van der Waals surface area (Å²) in [6, 6.07) is 19.5. The Labute approximate surface area is 236 Å². The number of hydrogen-bond donors (Lipinski definition) is 0. The van der Waals surface area contributed by atoms with Crippen LogP contribution in [-0.4, -0.2) is 34.6 Å². The molecule has 8 nitrogen and oxygen atoms in total. The Kier molecular flexibility index (Phi) is 7.48. The van der Waals surface area contributed by atoms with E-state index in [9.17, 15) is 9.59 Å². The molecule has 0 fully saturated rings. The summed E-state index contributed by atoms with van der Waals surface area (Å²) >= 11 is 8.26. The molecule has 0 spiro atoms. The van der Waals surface area contributed by atoms with Gasteiger partial charge in [0.05, 0.1) is 27.3 Å². The van der Waals surface area contributed by atoms with E-state index in [1.807, 2.05) is 12.1 Å². The summed E-state index contributed by atoms with van der Waals surface area (Å²) in [5, 5.41) is 6.28. The number of fused-ring (bicyclic) bond motifs is 2. The highest BCUT2D eigenvalue weighted by atomic mass is 127. The number of esters is 1. The van der Waals surface area contributed by atoms with Crippen molar-refractivity contribution in [3.63, 3.8) is 0 Å². The zero-order chi connectivity index (χ0) is 26.8. The number of halogens is 2. The molecule has 0 N–H and O–H groups in total. The van der Waals surface area contributed by atoms with Crippen LogP contribution in [0, 0.1) is 3.57 Å². The molecule has 10 heteroatoms. The number of carbonyl (C=O) groups is 1. The smallest absolute Gasteiger partial charge is 0.347 e. The average Bonchev–Trinajstić information content (AvgIpc) is 3.32. The van der Waals surface area contributed by atoms with Gasteiger partial charge in [-0.05, 0) is 96.6 Å². The van der Waals surface area contributed by atoms with Crippen molar-refractivity contribution in [3.8, 4) is 17.3 Å². The highest BCUT2D eigenvalue weighted by molar-refractivity contribution is 14.1. The van der Waals surface area contributed by atoms with Crippen LogP contribution < -0.4 is 10.3 Å². The fourth-order valence-electron chi connectivity index (χ4n) is 3.83. The Hall–Kier alpha value is -3.70. The quantitative estimate of drug-likeness (QED) is 0.118. The summed E-state index contributed by atoms with van der Waals surface area (Å²) in [5.41, 5.74) is 1.53. The van der Waals surface area contributed by atoms with Crippen molar-refractivity contribution >= 4 is 68.2 Å². The lowest BCUT2D eigenvalue weighted by molar-refractivity contribution is -0.150. The molecule has 0 amide bonds. The maximum absolute atomic E-state index is 13.5. The number of aromatic nitrogens is 2. The fourth-order valence-corrected chi connectivity index (χ4v) is 4.68. The van der Waals surface area contributed by atoms with Gasteiger partial charge in [0.25, 0.3) is 5.56 Å². The van der Waals surface area contributed by atoms with Gasteiger partial charge in [0.15, 0.2) is 11.9 Å². The maximum atomic E-state index is 13.5. The van der Waals surface area contributed by atoms with E-state index in [1.54, 1.807) is 74.7 Å². The second kappa shape index (κ2) is 11.0. The van der Waals surface area contributed by atoms with Crippen LogP contribution in [0.2, 0.25) is 5.02 Å². The largest absolute Gasteiger partial charge is 0.478 e. The lowest BCUT2D eigenvalue weighted by Crippen LogP contribution is -2.26. The van der Waals surface area contributed by atoms with E-state index in [4.69, 9.17) is 25.5 Å². The van der Waals surface area contributed by atoms with Gasteiger partial charge >= 0.3 is 5.97 Å². The zero-order valence-corrected chi connectivity index (χ0v) is 23.3. The fraction of sp³-hybridized carbons (Fsp3) is 0.143. The van der Waals surface area contributed by atoms with Crippen LogP contribution in [0.15, 0.2) is 81.0 Å². The first-order valence-corrected chi connectivity index (χ1v) is 13.2. The van der Waals surface area contributed by atoms with Gasteiger partial charge in [-0.15, -0.1) is 0 Å². The van der Waals surface area contributed by atoms with Crippen molar-refractivity contribution < 1.29 is 18.7 Å². The average molecular weight is 642 g/mol. The molecule has 38 heavy (non-hydrogen) atoms. The molecule has 0 aliphatic heterocycles. The normalized spacial score (nSPS) is 12.3. The van der Waals surface area contributed by atoms with Crippen LogP contribution in [-0.2, 0) is 9.53 Å². The van der Waals surface area contributed by atoms with Crippen molar-refractivity contribution in [2.75, 3.05) is 6.61 Å². The van der Waals surface area contributed by atoms with E-state index >= 15 is 0 Å². The Bertz CT molecular complexity index is 1760. The van der Waals surface area contributed by atoms with Gasteiger partial charge < -0.3 is 13.9 Å². The molecule has 5 aromatic rings. The van der Waals surface area contributed by atoms with Crippen LogP contribution in [0.25, 0.3) is 33.5 Å². The second-order valence-corrected chi connectivity index (χ2v) is 9.91. The molecule has 0 unspecified atom stereocenters. The Morgan fingerprint density at radius 1 is 1.18 bits per heavy atom. The van der Waals surface area contributed by atoms with Crippen molar-refractivity contribution in [2.45, 2.75) is 20.0 Å². The summed E-state index contributed by atoms with van der Waals surface area (Å²) in [5.74, 6) is 0.746. The standard InChI is InChI=1S/C28H21ClIN3O5/c1-3-36-28(35)16(2)37-24-10-8-17(12-21(24)30)15-31-33-26(32-22-7-5-4-6-20(22)27(33)34)25-14-18-13-19(29)9-11-23(18)38-25/h4-16H,3H2,1-2H3/t16-/m0/s1. The van der Waals surface area contributed by atoms with Gasteiger partial charge in [-0.3, -0.25) is 4.79 Å². The lowest BCUT2D eigenvalue weighted by Gasteiger charge is -2.14. The Balaban J connectivity index is 1.53. The topological polar surface area (TPSA) is 95.9 Å². The zero-order valence-electron chi connectivity index (χ0n) is 20.4. The molecule has 2 aromatic heterocycles. The number of rotatable bonds is 7. The van der Waals surface area contributed by atoms with Gasteiger partial charge in [0, 0.05) is 10.4 Å². The van der Waals surface area contributed by atoms with E-state index in [1.165, 1.54) is 4.68 Å². The van der Waals surface area contributed by atoms with Gasteiger partial charge in [-0.25, -0.2) is 9.78 Å². The SMILES string of the molecule is CCOC(=O)[C@H](C)Oc1ccc(C=Nn2c(-c3cc4cc(Cl)ccc4o3)nc3ccccc3c2=O)cc1I. The van der Waals surface area contributed by atoms with E-state index in [0.29, 0.717) is 38.6 Å². The molecule has 0 bridgehead atoms. The van der Waals surface area contributed by atoms with E-state index < -0.39 is 12.1 Å². The molecule has 192 valence electrons. The van der Waals surface area contributed by atoms with Crippen LogP contribution >= 0.6 is 34.2 Å². The highest BCUT2D eigenvalue weighted by Crippen LogP contribution is 2.29. The minimum absolute atomic E-state index is 0.259. The molecule has 0 aliphatic carbocycles. The Morgan fingerprint density at radius 2 is 2.00 bits per heavy atom. The maximum Gasteiger partial charge on any atom is 0.347 e. The summed E-state index contributed by atoms with van der Waals surface area (Å²) in [4.78, 5) is 30.1. The molecular weight excluding hydrogens is 621 g/mol. The van der Waals surface area contributed by atoms with Crippen LogP contribution in [0.3, 0.4) is 0 Å². The minimum atomic E-state index is -0.744. The molecule has 1 atom stereocenters. The van der Waals surface area contributed by atoms with Crippen molar-refractivity contribution in [1.29, 1.82) is 0 Å². The van der Waals surface area contributed by atoms with Crippen molar-refractivity contribution in [2.24, 2.45) is 5.10 Å². The first kappa shape index (κ1) is 25.9. The number of furan rings is 1. The van der Waals surface area contributed by atoms with E-state index in [-0.39, 0.29) is 18.0 Å². The molecule has 0 saturated heterocycles. The van der Waals surface area contributed by atoms with Gasteiger partial charge in [-0.2, -0.15) is 9.78 Å². The van der Waals surface area contributed by atoms with Gasteiger partial charge in [-0.1, -0.05) is 23.7 Å². The molecule has 2 heterocycles. The predicted molar refractivity (Wildman–Crippen MR) is 155 cm³/mol. The number of nitrogens with zero attached hydrogens (tertiary/aromatic N) is 3. The number of benzene rings is 3. The third kappa shape index (κ3) is 5.30. The lowest BCUT2D eigenvalue weighted by atomic mass is 10.2. The highest BCUT2D eigenvalue weighted by Gasteiger charge is 2.18. The molecule has 5 rings (SSSR count). The minimum Gasteiger partial charge on any atom is -0.478 e. The second-order valence-electron chi connectivity index (χ2n) is 8.31. The molecule has 0 saturated carbocycles. The predicted octanol–water partition coefficient (Wildman–Crippen LogP) is 6.28. The Morgan fingerprint density at radius 3 is 2.79 bits per heavy atom. The third-order valence-electron chi connectivity index (χ3n) is 5.65. The van der Waals surface area contributed by atoms with Crippen molar-refractivity contribution in [1.82, 2.24) is 9.66 Å². The van der Waals surface area contributed by atoms with Crippen LogP contribution in [0.1, 0.15) is 19.4 Å². The van der Waals surface area contributed by atoms with Crippen molar-refractivity contribution in [3.05, 3.63) is 91.2 Å². The molecule has 0 radical (unpaired) electrons. The van der Waals surface area contributed by atoms with Crippen LogP contribution in [0.5, 0.6) is 5.75 Å². The number of hydrogen-bond acceptors (Lipinski definition) is 7. The first-order chi connectivity index (χ1) is 18.3. The van der Waals surface area contributed by atoms with Gasteiger partial charge in [0.1, 0.15) is 11.3 Å². The van der Waals surface area contributed by atoms with Gasteiger partial charge in [0.2, 0.25) is 5.82 Å². The number of ether oxygens (including phenoxy) is 2. The molecule has 3 aromatic carbocycles. The number of carbonyl (C=O) groups excluding carboxylic acids is 1. The molecule has 0 aliphatic rings. The van der Waals surface area contributed by atoms with E-state index in [2.05, 4.69) is 32.7 Å². The van der Waals surface area contributed by atoms with E-state index in [0.717, 1.165) is 8.96 Å². The summed E-state index contributed by atoms with van der Waals surface area (Å²) < 4.78 is 18.7. The monoisotopic (exact) mass is 641 g/mol. The first-order valence-electron chi connectivity index (χ1n) is 11.7. The molecular formula is C28H21ClIN3O5. The summed E-state index contributed by atoms with van der Waals surface area (Å²) in [7, 11) is 0. The summed E-state index contributed by atoms with van der Waals surface area (Å²) in [6.45, 7) is 3.66. The number of para-hydroxylation sites is 1. The third-order valence-corrected chi connectivity index (χ3v) is 6.73.